The van der Waals surface area contributed by atoms with Crippen LogP contribution in [0.2, 0.25) is 0 Å². The van der Waals surface area contributed by atoms with E-state index >= 15 is 0 Å². The first-order chi connectivity index (χ1) is 14.4. The predicted molar refractivity (Wildman–Crippen MR) is 123 cm³/mol. The van der Waals surface area contributed by atoms with E-state index in [1.807, 2.05) is 6.92 Å². The number of aromatic carboxylic acids is 1. The number of hydrogen-bond donors (Lipinski definition) is 1. The van der Waals surface area contributed by atoms with Crippen LogP contribution in [0.4, 0.5) is 0 Å². The second-order valence-electron chi connectivity index (χ2n) is 8.93. The maximum Gasteiger partial charge on any atom is 0.339 e. The number of benzene rings is 1. The third kappa shape index (κ3) is 12.0. The van der Waals surface area contributed by atoms with Gasteiger partial charge in [-0.3, -0.25) is 0 Å². The number of ether oxygens (including phenoxy) is 1. The zero-order valence-corrected chi connectivity index (χ0v) is 19.3. The molecule has 0 saturated carbocycles. The first-order valence-electron chi connectivity index (χ1n) is 11.9. The zero-order chi connectivity index (χ0) is 22.2. The van der Waals surface area contributed by atoms with Crippen LogP contribution < -0.4 is 0 Å². The summed E-state index contributed by atoms with van der Waals surface area (Å²) < 4.78 is 5.44. The molecule has 0 bridgehead atoms. The van der Waals surface area contributed by atoms with Gasteiger partial charge in [0.05, 0.1) is 17.2 Å². The lowest BCUT2D eigenvalue weighted by molar-refractivity contribution is 0.0313. The van der Waals surface area contributed by atoms with Gasteiger partial charge in [0, 0.05) is 0 Å². The smallest absolute Gasteiger partial charge is 0.339 e. The Hall–Kier alpha value is -1.84. The molecule has 0 fully saturated rings. The standard InChI is InChI=1S/C26H42O4/c1-21(2)17-13-11-9-7-5-4-6-8-10-12-14-18-22(3)30-26(29)24-20-16-15-19-23(24)25(27)28/h15-16,19-22H,4-14,17-18H2,1-3H3,(H,27,28). The van der Waals surface area contributed by atoms with E-state index in [-0.39, 0.29) is 17.2 Å². The monoisotopic (exact) mass is 418 g/mol. The number of rotatable bonds is 17. The van der Waals surface area contributed by atoms with Gasteiger partial charge in [0.25, 0.3) is 0 Å². The molecule has 1 aromatic carbocycles. The van der Waals surface area contributed by atoms with E-state index in [9.17, 15) is 14.7 Å². The Morgan fingerprint density at radius 2 is 1.17 bits per heavy atom. The number of carboxylic acids is 1. The predicted octanol–water partition coefficient (Wildman–Crippen LogP) is 7.66. The maximum absolute atomic E-state index is 12.2. The molecular weight excluding hydrogens is 376 g/mol. The lowest BCUT2D eigenvalue weighted by atomic mass is 10.0. The third-order valence-electron chi connectivity index (χ3n) is 5.58. The molecule has 0 aromatic heterocycles. The van der Waals surface area contributed by atoms with Crippen molar-refractivity contribution in [2.75, 3.05) is 0 Å². The highest BCUT2D eigenvalue weighted by atomic mass is 16.5. The van der Waals surface area contributed by atoms with Gasteiger partial charge in [0.1, 0.15) is 0 Å². The van der Waals surface area contributed by atoms with E-state index in [4.69, 9.17) is 4.74 Å². The summed E-state index contributed by atoms with van der Waals surface area (Å²) in [6.07, 6.45) is 16.3. The number of unbranched alkanes of at least 4 members (excludes halogenated alkanes) is 10. The normalized spacial score (nSPS) is 12.1. The molecular formula is C26H42O4. The second-order valence-corrected chi connectivity index (χ2v) is 8.93. The van der Waals surface area contributed by atoms with E-state index in [2.05, 4.69) is 13.8 Å². The molecule has 0 amide bonds. The van der Waals surface area contributed by atoms with Crippen LogP contribution >= 0.6 is 0 Å². The van der Waals surface area contributed by atoms with Gasteiger partial charge in [-0.1, -0.05) is 96.6 Å². The van der Waals surface area contributed by atoms with Crippen molar-refractivity contribution in [3.8, 4) is 0 Å². The van der Waals surface area contributed by atoms with Gasteiger partial charge in [-0.15, -0.1) is 0 Å². The van der Waals surface area contributed by atoms with Crippen LogP contribution in [0.5, 0.6) is 0 Å². The van der Waals surface area contributed by atoms with Crippen molar-refractivity contribution in [3.63, 3.8) is 0 Å². The molecule has 170 valence electrons. The van der Waals surface area contributed by atoms with E-state index in [0.29, 0.717) is 0 Å². The van der Waals surface area contributed by atoms with E-state index < -0.39 is 11.9 Å². The number of carboxylic acid groups (broad SMARTS) is 1. The first kappa shape index (κ1) is 26.2. The minimum Gasteiger partial charge on any atom is -0.478 e. The SMILES string of the molecule is CC(C)CCCCCCCCCCCCCC(C)OC(=O)c1ccccc1C(=O)O. The van der Waals surface area contributed by atoms with Crippen LogP contribution in [0.25, 0.3) is 0 Å². The molecule has 0 aliphatic heterocycles. The minimum absolute atomic E-state index is 0.00902. The van der Waals surface area contributed by atoms with Gasteiger partial charge in [0.15, 0.2) is 0 Å². The highest BCUT2D eigenvalue weighted by Gasteiger charge is 2.18. The van der Waals surface area contributed by atoms with E-state index in [0.717, 1.165) is 25.2 Å². The Morgan fingerprint density at radius 3 is 1.63 bits per heavy atom. The van der Waals surface area contributed by atoms with Gasteiger partial charge in [-0.25, -0.2) is 9.59 Å². The van der Waals surface area contributed by atoms with Gasteiger partial charge in [-0.05, 0) is 37.8 Å². The molecule has 1 aromatic rings. The van der Waals surface area contributed by atoms with Crippen molar-refractivity contribution < 1.29 is 19.4 Å². The fraction of sp³-hybridized carbons (Fsp3) is 0.692. The number of esters is 1. The summed E-state index contributed by atoms with van der Waals surface area (Å²) in [6, 6.07) is 6.19. The fourth-order valence-corrected chi connectivity index (χ4v) is 3.73. The Bertz CT molecular complexity index is 609. The van der Waals surface area contributed by atoms with Crippen LogP contribution in [-0.2, 0) is 4.74 Å². The lowest BCUT2D eigenvalue weighted by Crippen LogP contribution is -2.17. The van der Waals surface area contributed by atoms with Gasteiger partial charge >= 0.3 is 11.9 Å². The van der Waals surface area contributed by atoms with Crippen LogP contribution in [0.1, 0.15) is 125 Å². The molecule has 1 atom stereocenters. The molecule has 1 rings (SSSR count). The lowest BCUT2D eigenvalue weighted by Gasteiger charge is -2.14. The Labute approximate surface area is 183 Å². The quantitative estimate of drug-likeness (QED) is 0.208. The Balaban J connectivity index is 2.02. The number of carbonyl (C=O) groups excluding carboxylic acids is 1. The third-order valence-corrected chi connectivity index (χ3v) is 5.58. The van der Waals surface area contributed by atoms with Gasteiger partial charge in [-0.2, -0.15) is 0 Å². The molecule has 1 N–H and O–H groups in total. The molecule has 0 spiro atoms. The van der Waals surface area contributed by atoms with Gasteiger partial charge in [0.2, 0.25) is 0 Å². The highest BCUT2D eigenvalue weighted by Crippen LogP contribution is 2.16. The van der Waals surface area contributed by atoms with Crippen molar-refractivity contribution in [1.29, 1.82) is 0 Å². The Morgan fingerprint density at radius 1 is 0.733 bits per heavy atom. The summed E-state index contributed by atoms with van der Waals surface area (Å²) >= 11 is 0. The maximum atomic E-state index is 12.2. The van der Waals surface area contributed by atoms with Crippen LogP contribution in [0.3, 0.4) is 0 Å². The summed E-state index contributed by atoms with van der Waals surface area (Å²) in [5.74, 6) is -0.820. The van der Waals surface area contributed by atoms with Crippen molar-refractivity contribution in [2.24, 2.45) is 5.92 Å². The summed E-state index contributed by atoms with van der Waals surface area (Å²) in [5.41, 5.74) is 0.113. The van der Waals surface area contributed by atoms with Crippen LogP contribution in [0, 0.1) is 5.92 Å². The Kier molecular flexibility index (Phi) is 13.9. The van der Waals surface area contributed by atoms with Crippen LogP contribution in [0.15, 0.2) is 24.3 Å². The number of hydrogen-bond acceptors (Lipinski definition) is 3. The fourth-order valence-electron chi connectivity index (χ4n) is 3.73. The molecule has 4 heteroatoms. The highest BCUT2D eigenvalue weighted by molar-refractivity contribution is 6.02. The molecule has 30 heavy (non-hydrogen) atoms. The molecule has 0 heterocycles. The summed E-state index contributed by atoms with van der Waals surface area (Å²) in [6.45, 7) is 6.48. The van der Waals surface area contributed by atoms with Crippen LogP contribution in [-0.4, -0.2) is 23.1 Å². The van der Waals surface area contributed by atoms with Crippen molar-refractivity contribution in [2.45, 2.75) is 110 Å². The summed E-state index contributed by atoms with van der Waals surface area (Å²) in [5, 5.41) is 9.19. The molecule has 1 unspecified atom stereocenters. The largest absolute Gasteiger partial charge is 0.478 e. The van der Waals surface area contributed by atoms with E-state index in [1.54, 1.807) is 12.1 Å². The molecule has 4 nitrogen and oxygen atoms in total. The molecule has 0 saturated heterocycles. The minimum atomic E-state index is -1.11. The van der Waals surface area contributed by atoms with Crippen molar-refractivity contribution >= 4 is 11.9 Å². The number of carbonyl (C=O) groups is 2. The average Bonchev–Trinajstić information content (AvgIpc) is 2.71. The first-order valence-corrected chi connectivity index (χ1v) is 11.9. The molecule has 0 aliphatic rings. The average molecular weight is 419 g/mol. The summed E-state index contributed by atoms with van der Waals surface area (Å²) in [7, 11) is 0. The summed E-state index contributed by atoms with van der Waals surface area (Å²) in [4.78, 5) is 23.5. The van der Waals surface area contributed by atoms with E-state index in [1.165, 1.54) is 76.3 Å². The topological polar surface area (TPSA) is 63.6 Å². The van der Waals surface area contributed by atoms with Crippen molar-refractivity contribution in [1.82, 2.24) is 0 Å². The van der Waals surface area contributed by atoms with Crippen molar-refractivity contribution in [3.05, 3.63) is 35.4 Å². The molecule has 0 aliphatic carbocycles. The molecule has 0 radical (unpaired) electrons. The second kappa shape index (κ2) is 15.9. The van der Waals surface area contributed by atoms with Gasteiger partial charge < -0.3 is 9.84 Å². The zero-order valence-electron chi connectivity index (χ0n) is 19.3.